The number of hydrogen-bond acceptors (Lipinski definition) is 6. The Bertz CT molecular complexity index is 819. The van der Waals surface area contributed by atoms with Crippen LogP contribution in [-0.2, 0) is 6.54 Å². The molecule has 0 radical (unpaired) electrons. The average Bonchev–Trinajstić information content (AvgIpc) is 3.20. The Balaban J connectivity index is 1.77. The minimum Gasteiger partial charge on any atom is -0.481 e. The summed E-state index contributed by atoms with van der Waals surface area (Å²) in [6, 6.07) is 8.16. The van der Waals surface area contributed by atoms with Gasteiger partial charge in [-0.05, 0) is 31.0 Å². The summed E-state index contributed by atoms with van der Waals surface area (Å²) in [5, 5.41) is 14.2. The summed E-state index contributed by atoms with van der Waals surface area (Å²) >= 11 is 0. The summed E-state index contributed by atoms with van der Waals surface area (Å²) in [5.74, 6) is 0.0511. The highest BCUT2D eigenvalue weighted by atomic mass is 16.6. The minimum absolute atomic E-state index is 0.0430. The van der Waals surface area contributed by atoms with Crippen molar-refractivity contribution < 1.29 is 14.5 Å². The third-order valence-corrected chi connectivity index (χ3v) is 4.36. The van der Waals surface area contributed by atoms with Crippen molar-refractivity contribution in [3.05, 3.63) is 57.8 Å². The van der Waals surface area contributed by atoms with Gasteiger partial charge in [0.15, 0.2) is 0 Å². The molecular formula is C18H20N4O4. The number of carbonyl (C=O) groups excluding carboxylic acids is 1. The van der Waals surface area contributed by atoms with Crippen molar-refractivity contribution in [2.75, 3.05) is 25.1 Å². The zero-order valence-corrected chi connectivity index (χ0v) is 14.5. The highest BCUT2D eigenvalue weighted by Gasteiger charge is 2.23. The zero-order valence-electron chi connectivity index (χ0n) is 14.5. The van der Waals surface area contributed by atoms with E-state index in [1.807, 2.05) is 4.90 Å². The lowest BCUT2D eigenvalue weighted by Crippen LogP contribution is -2.24. The topological polar surface area (TPSA) is 97.6 Å². The third kappa shape index (κ3) is 3.74. The summed E-state index contributed by atoms with van der Waals surface area (Å²) in [4.78, 5) is 29.5. The number of ether oxygens (including phenoxy) is 1. The number of pyridine rings is 1. The van der Waals surface area contributed by atoms with Crippen LogP contribution in [0.2, 0.25) is 0 Å². The molecule has 2 heterocycles. The predicted octanol–water partition coefficient (Wildman–Crippen LogP) is 2.53. The minimum atomic E-state index is -0.436. The first-order valence-electron chi connectivity index (χ1n) is 8.39. The van der Waals surface area contributed by atoms with E-state index in [0.717, 1.165) is 31.5 Å². The van der Waals surface area contributed by atoms with Gasteiger partial charge in [0.1, 0.15) is 5.69 Å². The van der Waals surface area contributed by atoms with Gasteiger partial charge >= 0.3 is 0 Å². The number of nitro groups is 1. The lowest BCUT2D eigenvalue weighted by atomic mass is 10.1. The number of benzene rings is 1. The molecule has 1 aromatic carbocycles. The molecule has 0 aliphatic carbocycles. The number of anilines is 1. The fourth-order valence-corrected chi connectivity index (χ4v) is 3.06. The van der Waals surface area contributed by atoms with E-state index in [2.05, 4.69) is 10.3 Å². The van der Waals surface area contributed by atoms with Gasteiger partial charge in [-0.25, -0.2) is 4.98 Å². The van der Waals surface area contributed by atoms with E-state index in [4.69, 9.17) is 4.74 Å². The summed E-state index contributed by atoms with van der Waals surface area (Å²) in [6.07, 6.45) is 3.64. The number of nitro benzene ring substituents is 1. The molecular weight excluding hydrogens is 336 g/mol. The fourth-order valence-electron chi connectivity index (χ4n) is 3.06. The van der Waals surface area contributed by atoms with E-state index in [-0.39, 0.29) is 23.7 Å². The van der Waals surface area contributed by atoms with Crippen LogP contribution in [0.3, 0.4) is 0 Å². The zero-order chi connectivity index (χ0) is 18.5. The summed E-state index contributed by atoms with van der Waals surface area (Å²) < 4.78 is 5.15. The number of rotatable bonds is 6. The van der Waals surface area contributed by atoms with E-state index in [9.17, 15) is 14.9 Å². The molecule has 1 saturated heterocycles. The van der Waals surface area contributed by atoms with Crippen LogP contribution in [0.4, 0.5) is 11.4 Å². The van der Waals surface area contributed by atoms with Gasteiger partial charge in [0.2, 0.25) is 5.88 Å². The number of aromatic nitrogens is 1. The van der Waals surface area contributed by atoms with Gasteiger partial charge in [0.25, 0.3) is 11.6 Å². The van der Waals surface area contributed by atoms with E-state index in [1.165, 1.54) is 13.2 Å². The van der Waals surface area contributed by atoms with Crippen LogP contribution < -0.4 is 15.0 Å². The predicted molar refractivity (Wildman–Crippen MR) is 96.5 cm³/mol. The van der Waals surface area contributed by atoms with E-state index in [0.29, 0.717) is 11.6 Å². The molecule has 8 nitrogen and oxygen atoms in total. The van der Waals surface area contributed by atoms with Crippen molar-refractivity contribution >= 4 is 17.3 Å². The largest absolute Gasteiger partial charge is 0.481 e. The molecule has 26 heavy (non-hydrogen) atoms. The van der Waals surface area contributed by atoms with Gasteiger partial charge in [-0.2, -0.15) is 0 Å². The normalized spacial score (nSPS) is 13.5. The van der Waals surface area contributed by atoms with Gasteiger partial charge in [0, 0.05) is 43.0 Å². The second kappa shape index (κ2) is 7.81. The lowest BCUT2D eigenvalue weighted by molar-refractivity contribution is -0.384. The smallest absolute Gasteiger partial charge is 0.293 e. The first-order chi connectivity index (χ1) is 12.6. The maximum absolute atomic E-state index is 12.4. The number of carbonyl (C=O) groups is 1. The average molecular weight is 356 g/mol. The van der Waals surface area contributed by atoms with Crippen LogP contribution in [0, 0.1) is 10.1 Å². The molecule has 0 spiro atoms. The SMILES string of the molecule is COc1ncccc1CNC(=O)c1ccc(N2CCCC2)c([N+](=O)[O-])c1. The van der Waals surface area contributed by atoms with Crippen molar-refractivity contribution in [3.63, 3.8) is 0 Å². The van der Waals surface area contributed by atoms with Crippen molar-refractivity contribution in [1.29, 1.82) is 0 Å². The third-order valence-electron chi connectivity index (χ3n) is 4.36. The van der Waals surface area contributed by atoms with Crippen molar-refractivity contribution in [2.45, 2.75) is 19.4 Å². The summed E-state index contributed by atoms with van der Waals surface area (Å²) in [5.41, 5.74) is 1.51. The van der Waals surface area contributed by atoms with Crippen molar-refractivity contribution in [1.82, 2.24) is 10.3 Å². The summed E-state index contributed by atoms with van der Waals surface area (Å²) in [6.45, 7) is 1.82. The van der Waals surface area contributed by atoms with Gasteiger partial charge in [0.05, 0.1) is 12.0 Å². The van der Waals surface area contributed by atoms with E-state index >= 15 is 0 Å². The first-order valence-corrected chi connectivity index (χ1v) is 8.39. The van der Waals surface area contributed by atoms with Gasteiger partial charge in [-0.1, -0.05) is 6.07 Å². The Labute approximate surface area is 150 Å². The van der Waals surface area contributed by atoms with Crippen LogP contribution >= 0.6 is 0 Å². The molecule has 8 heteroatoms. The number of hydrogen-bond donors (Lipinski definition) is 1. The van der Waals surface area contributed by atoms with Gasteiger partial charge < -0.3 is 15.0 Å². The molecule has 1 N–H and O–H groups in total. The highest BCUT2D eigenvalue weighted by Crippen LogP contribution is 2.31. The van der Waals surface area contributed by atoms with Gasteiger partial charge in [-0.15, -0.1) is 0 Å². The number of methoxy groups -OCH3 is 1. The number of amides is 1. The molecule has 3 rings (SSSR count). The van der Waals surface area contributed by atoms with Crippen LogP contribution in [0.15, 0.2) is 36.5 Å². The molecule has 0 saturated carbocycles. The van der Waals surface area contributed by atoms with E-state index < -0.39 is 4.92 Å². The molecule has 0 unspecified atom stereocenters. The molecule has 1 aliphatic rings. The highest BCUT2D eigenvalue weighted by molar-refractivity contribution is 5.95. The lowest BCUT2D eigenvalue weighted by Gasteiger charge is -2.17. The second-order valence-electron chi connectivity index (χ2n) is 6.01. The van der Waals surface area contributed by atoms with E-state index in [1.54, 1.807) is 30.5 Å². The van der Waals surface area contributed by atoms with Gasteiger partial charge in [-0.3, -0.25) is 14.9 Å². The van der Waals surface area contributed by atoms with Crippen LogP contribution in [0.25, 0.3) is 0 Å². The molecule has 0 bridgehead atoms. The maximum Gasteiger partial charge on any atom is 0.293 e. The quantitative estimate of drug-likeness (QED) is 0.631. The Hall–Kier alpha value is -3.16. The van der Waals surface area contributed by atoms with Crippen LogP contribution in [-0.4, -0.2) is 36.0 Å². The second-order valence-corrected chi connectivity index (χ2v) is 6.01. The Kier molecular flexibility index (Phi) is 5.31. The number of nitrogens with one attached hydrogen (secondary N) is 1. The Morgan fingerprint density at radius 3 is 2.81 bits per heavy atom. The Morgan fingerprint density at radius 1 is 1.35 bits per heavy atom. The standard InChI is InChI=1S/C18H20N4O4/c1-26-18-14(5-4-8-19-18)12-20-17(23)13-6-7-15(16(11-13)22(24)25)21-9-2-3-10-21/h4-8,11H,2-3,9-10,12H2,1H3,(H,20,23). The first kappa shape index (κ1) is 17.7. The monoisotopic (exact) mass is 356 g/mol. The molecule has 1 fully saturated rings. The molecule has 136 valence electrons. The van der Waals surface area contributed by atoms with Crippen LogP contribution in [0.5, 0.6) is 5.88 Å². The Morgan fingerprint density at radius 2 is 2.12 bits per heavy atom. The van der Waals surface area contributed by atoms with Crippen LogP contribution in [0.1, 0.15) is 28.8 Å². The molecule has 1 amide bonds. The molecule has 2 aromatic rings. The molecule has 1 aromatic heterocycles. The fraction of sp³-hybridized carbons (Fsp3) is 0.333. The molecule has 1 aliphatic heterocycles. The maximum atomic E-state index is 12.4. The van der Waals surface area contributed by atoms with Crippen molar-refractivity contribution in [3.8, 4) is 5.88 Å². The van der Waals surface area contributed by atoms with Crippen molar-refractivity contribution in [2.24, 2.45) is 0 Å². The summed E-state index contributed by atoms with van der Waals surface area (Å²) in [7, 11) is 1.51. The molecule has 0 atom stereocenters. The number of nitrogens with zero attached hydrogens (tertiary/aromatic N) is 3.